The summed E-state index contributed by atoms with van der Waals surface area (Å²) in [4.78, 5) is 11.6. The first-order valence-electron chi connectivity index (χ1n) is 6.34. The second kappa shape index (κ2) is 7.97. The minimum atomic E-state index is -0.250. The second-order valence-corrected chi connectivity index (χ2v) is 5.18. The van der Waals surface area contributed by atoms with Crippen LogP contribution in [0.5, 0.6) is 11.5 Å². The maximum absolute atomic E-state index is 11.6. The summed E-state index contributed by atoms with van der Waals surface area (Å²) in [7, 11) is 1.47. The number of aliphatic hydroxyl groups is 1. The first-order chi connectivity index (χ1) is 9.47. The van der Waals surface area contributed by atoms with E-state index in [1.807, 2.05) is 13.8 Å². The van der Waals surface area contributed by atoms with Gasteiger partial charge in [-0.3, -0.25) is 4.79 Å². The lowest BCUT2D eigenvalue weighted by molar-refractivity contribution is -0.123. The molecule has 1 aromatic rings. The molecule has 0 saturated heterocycles. The number of halogens is 1. The van der Waals surface area contributed by atoms with Crippen LogP contribution in [0.25, 0.3) is 0 Å². The van der Waals surface area contributed by atoms with Gasteiger partial charge < -0.3 is 19.9 Å². The molecule has 0 radical (unpaired) electrons. The van der Waals surface area contributed by atoms with Gasteiger partial charge in [0, 0.05) is 23.2 Å². The van der Waals surface area contributed by atoms with Gasteiger partial charge in [0.1, 0.15) is 0 Å². The fourth-order valence-electron chi connectivity index (χ4n) is 1.56. The molecule has 1 rings (SSSR count). The normalized spacial score (nSPS) is 10.5. The fraction of sp³-hybridized carbons (Fsp3) is 0.500. The van der Waals surface area contributed by atoms with E-state index in [1.54, 1.807) is 12.1 Å². The van der Waals surface area contributed by atoms with E-state index in [2.05, 4.69) is 5.32 Å². The standard InChI is InChI=1S/C14H20ClNO4/c1-9(2)6-16-13(18)8-20-14-10(7-17)4-11(15)5-12(14)19-3/h4-5,9,17H,6-8H2,1-3H3,(H,16,18). The third-order valence-electron chi connectivity index (χ3n) is 2.54. The summed E-state index contributed by atoms with van der Waals surface area (Å²) in [5.41, 5.74) is 0.478. The van der Waals surface area contributed by atoms with Crippen LogP contribution >= 0.6 is 11.6 Å². The van der Waals surface area contributed by atoms with Gasteiger partial charge in [-0.15, -0.1) is 0 Å². The Morgan fingerprint density at radius 1 is 1.45 bits per heavy atom. The number of nitrogens with one attached hydrogen (secondary N) is 1. The number of hydrogen-bond donors (Lipinski definition) is 2. The summed E-state index contributed by atoms with van der Waals surface area (Å²) in [6.45, 7) is 4.21. The third kappa shape index (κ3) is 4.90. The molecule has 1 amide bonds. The minimum absolute atomic E-state index is 0.141. The number of rotatable bonds is 7. The fourth-order valence-corrected chi connectivity index (χ4v) is 1.79. The molecule has 0 aromatic heterocycles. The number of carbonyl (C=O) groups is 1. The first kappa shape index (κ1) is 16.6. The highest BCUT2D eigenvalue weighted by atomic mass is 35.5. The number of amides is 1. The molecular formula is C14H20ClNO4. The smallest absolute Gasteiger partial charge is 0.257 e. The molecule has 0 spiro atoms. The average Bonchev–Trinajstić information content (AvgIpc) is 2.42. The lowest BCUT2D eigenvalue weighted by Gasteiger charge is -2.15. The van der Waals surface area contributed by atoms with E-state index in [9.17, 15) is 9.90 Å². The highest BCUT2D eigenvalue weighted by Gasteiger charge is 2.14. The lowest BCUT2D eigenvalue weighted by atomic mass is 10.2. The van der Waals surface area contributed by atoms with Crippen LogP contribution in [0.15, 0.2) is 12.1 Å². The Balaban J connectivity index is 2.74. The zero-order valence-corrected chi connectivity index (χ0v) is 12.7. The van der Waals surface area contributed by atoms with Crippen molar-refractivity contribution in [3.05, 3.63) is 22.7 Å². The van der Waals surface area contributed by atoms with E-state index in [0.29, 0.717) is 34.5 Å². The first-order valence-corrected chi connectivity index (χ1v) is 6.72. The van der Waals surface area contributed by atoms with Gasteiger partial charge >= 0.3 is 0 Å². The molecule has 5 nitrogen and oxygen atoms in total. The average molecular weight is 302 g/mol. The van der Waals surface area contributed by atoms with E-state index in [-0.39, 0.29) is 19.1 Å². The minimum Gasteiger partial charge on any atom is -0.493 e. The van der Waals surface area contributed by atoms with Gasteiger partial charge in [0.05, 0.1) is 13.7 Å². The van der Waals surface area contributed by atoms with Gasteiger partial charge in [0.2, 0.25) is 0 Å². The zero-order chi connectivity index (χ0) is 15.1. The monoisotopic (exact) mass is 301 g/mol. The van der Waals surface area contributed by atoms with Crippen LogP contribution < -0.4 is 14.8 Å². The summed E-state index contributed by atoms with van der Waals surface area (Å²) in [6, 6.07) is 3.15. The molecule has 112 valence electrons. The van der Waals surface area contributed by atoms with Crippen molar-refractivity contribution in [3.63, 3.8) is 0 Å². The van der Waals surface area contributed by atoms with Crippen molar-refractivity contribution in [1.82, 2.24) is 5.32 Å². The van der Waals surface area contributed by atoms with Crippen molar-refractivity contribution in [2.45, 2.75) is 20.5 Å². The van der Waals surface area contributed by atoms with Crippen LogP contribution in [0.1, 0.15) is 19.4 Å². The van der Waals surface area contributed by atoms with Crippen molar-refractivity contribution in [3.8, 4) is 11.5 Å². The summed E-state index contributed by atoms with van der Waals surface area (Å²) in [6.07, 6.45) is 0. The van der Waals surface area contributed by atoms with E-state index >= 15 is 0 Å². The molecule has 0 aliphatic heterocycles. The number of carbonyl (C=O) groups excluding carboxylic acids is 1. The third-order valence-corrected chi connectivity index (χ3v) is 2.76. The lowest BCUT2D eigenvalue weighted by Crippen LogP contribution is -2.31. The maximum atomic E-state index is 11.6. The van der Waals surface area contributed by atoms with Crippen LogP contribution in [-0.4, -0.2) is 31.3 Å². The Hall–Kier alpha value is -1.46. The highest BCUT2D eigenvalue weighted by molar-refractivity contribution is 6.30. The van der Waals surface area contributed by atoms with Crippen molar-refractivity contribution >= 4 is 17.5 Å². The van der Waals surface area contributed by atoms with Gasteiger partial charge in [-0.1, -0.05) is 25.4 Å². The molecule has 0 saturated carbocycles. The Bertz CT molecular complexity index is 437. The zero-order valence-electron chi connectivity index (χ0n) is 11.9. The Labute approximate surface area is 123 Å². The van der Waals surface area contributed by atoms with Crippen LogP contribution in [0.3, 0.4) is 0 Å². The molecule has 2 N–H and O–H groups in total. The van der Waals surface area contributed by atoms with Gasteiger partial charge in [0.15, 0.2) is 18.1 Å². The van der Waals surface area contributed by atoms with E-state index in [4.69, 9.17) is 21.1 Å². The van der Waals surface area contributed by atoms with E-state index < -0.39 is 0 Å². The summed E-state index contributed by atoms with van der Waals surface area (Å²) >= 11 is 5.90. The molecule has 20 heavy (non-hydrogen) atoms. The molecule has 0 heterocycles. The van der Waals surface area contributed by atoms with Crippen LogP contribution in [0, 0.1) is 5.92 Å². The van der Waals surface area contributed by atoms with E-state index in [0.717, 1.165) is 0 Å². The quantitative estimate of drug-likeness (QED) is 0.808. The number of methoxy groups -OCH3 is 1. The molecule has 0 bridgehead atoms. The van der Waals surface area contributed by atoms with Gasteiger partial charge in [-0.05, 0) is 12.0 Å². The molecule has 0 aliphatic rings. The Morgan fingerprint density at radius 2 is 2.15 bits per heavy atom. The number of aliphatic hydroxyl groups excluding tert-OH is 1. The molecule has 6 heteroatoms. The molecule has 0 unspecified atom stereocenters. The number of benzene rings is 1. The SMILES string of the molecule is COc1cc(Cl)cc(CO)c1OCC(=O)NCC(C)C. The van der Waals surface area contributed by atoms with Crippen LogP contribution in [-0.2, 0) is 11.4 Å². The second-order valence-electron chi connectivity index (χ2n) is 4.74. The topological polar surface area (TPSA) is 67.8 Å². The predicted octanol–water partition coefficient (Wildman–Crippen LogP) is 1.99. The molecule has 0 fully saturated rings. The predicted molar refractivity (Wildman–Crippen MR) is 77.3 cm³/mol. The van der Waals surface area contributed by atoms with E-state index in [1.165, 1.54) is 7.11 Å². The van der Waals surface area contributed by atoms with Crippen molar-refractivity contribution in [1.29, 1.82) is 0 Å². The summed E-state index contributed by atoms with van der Waals surface area (Å²) in [5, 5.41) is 12.5. The Morgan fingerprint density at radius 3 is 2.70 bits per heavy atom. The summed E-state index contributed by atoms with van der Waals surface area (Å²) < 4.78 is 10.6. The number of hydrogen-bond acceptors (Lipinski definition) is 4. The van der Waals surface area contributed by atoms with Crippen molar-refractivity contribution in [2.24, 2.45) is 5.92 Å². The van der Waals surface area contributed by atoms with Crippen LogP contribution in [0.4, 0.5) is 0 Å². The van der Waals surface area contributed by atoms with Gasteiger partial charge in [-0.25, -0.2) is 0 Å². The van der Waals surface area contributed by atoms with Gasteiger partial charge in [-0.2, -0.15) is 0 Å². The molecule has 1 aromatic carbocycles. The Kier molecular flexibility index (Phi) is 6.61. The van der Waals surface area contributed by atoms with Crippen molar-refractivity contribution in [2.75, 3.05) is 20.3 Å². The van der Waals surface area contributed by atoms with Crippen LogP contribution in [0.2, 0.25) is 5.02 Å². The largest absolute Gasteiger partial charge is 0.493 e. The summed E-state index contributed by atoms with van der Waals surface area (Å²) in [5.74, 6) is 0.869. The highest BCUT2D eigenvalue weighted by Crippen LogP contribution is 2.34. The van der Waals surface area contributed by atoms with Crippen molar-refractivity contribution < 1.29 is 19.4 Å². The van der Waals surface area contributed by atoms with Gasteiger partial charge in [0.25, 0.3) is 5.91 Å². The molecule has 0 aliphatic carbocycles. The maximum Gasteiger partial charge on any atom is 0.257 e. The molecule has 0 atom stereocenters. The number of ether oxygens (including phenoxy) is 2. The molecular weight excluding hydrogens is 282 g/mol.